The quantitative estimate of drug-likeness (QED) is 0.772. The van der Waals surface area contributed by atoms with Gasteiger partial charge in [-0.2, -0.15) is 0 Å². The molecule has 158 valence electrons. The van der Waals surface area contributed by atoms with Gasteiger partial charge in [0.15, 0.2) is 0 Å². The van der Waals surface area contributed by atoms with E-state index in [2.05, 4.69) is 24.5 Å². The number of carbonyl (C=O) groups excluding carboxylic acids is 3. The van der Waals surface area contributed by atoms with Crippen LogP contribution in [0.5, 0.6) is 0 Å². The van der Waals surface area contributed by atoms with Crippen LogP contribution >= 0.6 is 0 Å². The Hall–Kier alpha value is -2.37. The number of carbonyl (C=O) groups is 3. The fourth-order valence-corrected chi connectivity index (χ4v) is 4.32. The monoisotopic (exact) mass is 399 g/mol. The molecule has 6 nitrogen and oxygen atoms in total. The predicted octanol–water partition coefficient (Wildman–Crippen LogP) is 2.52. The van der Waals surface area contributed by atoms with E-state index < -0.39 is 6.04 Å². The Kier molecular flexibility index (Phi) is 7.29. The summed E-state index contributed by atoms with van der Waals surface area (Å²) in [4.78, 5) is 38.6. The zero-order valence-corrected chi connectivity index (χ0v) is 17.6. The maximum atomic E-state index is 12.8. The molecule has 0 saturated carbocycles. The Labute approximate surface area is 173 Å². The van der Waals surface area contributed by atoms with Crippen molar-refractivity contribution in [2.45, 2.75) is 58.4 Å². The fourth-order valence-electron chi connectivity index (χ4n) is 4.32. The van der Waals surface area contributed by atoms with E-state index >= 15 is 0 Å². The summed E-state index contributed by atoms with van der Waals surface area (Å²) in [5, 5.41) is 5.77. The molecule has 1 aromatic carbocycles. The number of nitrogens with zero attached hydrogens (tertiary/aromatic N) is 1. The minimum atomic E-state index is -0.399. The van der Waals surface area contributed by atoms with Crippen molar-refractivity contribution in [1.29, 1.82) is 0 Å². The third-order valence-corrected chi connectivity index (χ3v) is 6.20. The van der Waals surface area contributed by atoms with Gasteiger partial charge < -0.3 is 15.5 Å². The SMILES string of the molecule is CCCc1ccc(C(=O)N2CCC(CNC(=O)[C@H]3CCCC(=O)N3)C(C)C2)cc1. The van der Waals surface area contributed by atoms with Crippen LogP contribution in [0.2, 0.25) is 0 Å². The molecule has 1 aromatic rings. The van der Waals surface area contributed by atoms with Crippen molar-refractivity contribution in [1.82, 2.24) is 15.5 Å². The van der Waals surface area contributed by atoms with E-state index in [9.17, 15) is 14.4 Å². The Morgan fingerprint density at radius 3 is 2.62 bits per heavy atom. The number of hydrogen-bond acceptors (Lipinski definition) is 3. The maximum absolute atomic E-state index is 12.8. The lowest BCUT2D eigenvalue weighted by molar-refractivity contribution is -0.131. The molecule has 0 bridgehead atoms. The van der Waals surface area contributed by atoms with E-state index in [4.69, 9.17) is 0 Å². The molecule has 0 aromatic heterocycles. The summed E-state index contributed by atoms with van der Waals surface area (Å²) in [7, 11) is 0. The molecule has 2 aliphatic rings. The van der Waals surface area contributed by atoms with Crippen LogP contribution in [0, 0.1) is 11.8 Å². The number of piperidine rings is 2. The van der Waals surface area contributed by atoms with Crippen molar-refractivity contribution >= 4 is 17.7 Å². The third kappa shape index (κ3) is 5.58. The summed E-state index contributed by atoms with van der Waals surface area (Å²) in [5.74, 6) is 0.616. The molecule has 2 saturated heterocycles. The average Bonchev–Trinajstić information content (AvgIpc) is 2.73. The Morgan fingerprint density at radius 2 is 1.97 bits per heavy atom. The molecule has 29 heavy (non-hydrogen) atoms. The van der Waals surface area contributed by atoms with E-state index in [-0.39, 0.29) is 17.7 Å². The normalized spacial score (nSPS) is 24.7. The molecule has 3 atom stereocenters. The number of benzene rings is 1. The molecule has 2 aliphatic heterocycles. The lowest BCUT2D eigenvalue weighted by Gasteiger charge is -2.37. The van der Waals surface area contributed by atoms with Gasteiger partial charge in [0.05, 0.1) is 0 Å². The molecule has 0 aliphatic carbocycles. The number of nitrogens with one attached hydrogen (secondary N) is 2. The van der Waals surface area contributed by atoms with Crippen LogP contribution in [0.1, 0.15) is 61.9 Å². The predicted molar refractivity (Wildman–Crippen MR) is 112 cm³/mol. The summed E-state index contributed by atoms with van der Waals surface area (Å²) in [6.45, 7) is 6.30. The summed E-state index contributed by atoms with van der Waals surface area (Å²) in [6, 6.07) is 7.56. The van der Waals surface area contributed by atoms with Crippen molar-refractivity contribution in [2.24, 2.45) is 11.8 Å². The standard InChI is InChI=1S/C23H33N3O3/c1-3-5-17-8-10-18(11-9-17)23(29)26-13-12-19(16(2)15-26)14-24-22(28)20-6-4-7-21(27)25-20/h8-11,16,19-20H,3-7,12-15H2,1-2H3,(H,24,28)(H,25,27)/t16?,19?,20-/m1/s1. The molecule has 6 heteroatoms. The van der Waals surface area contributed by atoms with Crippen LogP contribution in [-0.2, 0) is 16.0 Å². The zero-order chi connectivity index (χ0) is 20.8. The first-order valence-corrected chi connectivity index (χ1v) is 10.9. The first-order valence-electron chi connectivity index (χ1n) is 10.9. The average molecular weight is 400 g/mol. The van der Waals surface area contributed by atoms with Gasteiger partial charge in [0, 0.05) is 31.6 Å². The van der Waals surface area contributed by atoms with Gasteiger partial charge in [-0.15, -0.1) is 0 Å². The van der Waals surface area contributed by atoms with Crippen LogP contribution in [0.25, 0.3) is 0 Å². The van der Waals surface area contributed by atoms with Crippen molar-refractivity contribution in [3.05, 3.63) is 35.4 Å². The highest BCUT2D eigenvalue weighted by Crippen LogP contribution is 2.24. The Morgan fingerprint density at radius 1 is 1.21 bits per heavy atom. The zero-order valence-electron chi connectivity index (χ0n) is 17.6. The second-order valence-electron chi connectivity index (χ2n) is 8.48. The van der Waals surface area contributed by atoms with Crippen LogP contribution < -0.4 is 10.6 Å². The van der Waals surface area contributed by atoms with Gasteiger partial charge in [-0.3, -0.25) is 14.4 Å². The molecule has 2 N–H and O–H groups in total. The lowest BCUT2D eigenvalue weighted by atomic mass is 9.86. The fraction of sp³-hybridized carbons (Fsp3) is 0.609. The second-order valence-corrected chi connectivity index (χ2v) is 8.48. The first-order chi connectivity index (χ1) is 14.0. The Bertz CT molecular complexity index is 731. The molecular formula is C23H33N3O3. The summed E-state index contributed by atoms with van der Waals surface area (Å²) >= 11 is 0. The molecule has 2 fully saturated rings. The van der Waals surface area contributed by atoms with Gasteiger partial charge in [0.25, 0.3) is 5.91 Å². The Balaban J connectivity index is 1.47. The number of hydrogen-bond donors (Lipinski definition) is 2. The van der Waals surface area contributed by atoms with Crippen LogP contribution in [0.4, 0.5) is 0 Å². The molecule has 0 spiro atoms. The van der Waals surface area contributed by atoms with Gasteiger partial charge in [0.2, 0.25) is 11.8 Å². The minimum Gasteiger partial charge on any atom is -0.354 e. The van der Waals surface area contributed by atoms with Gasteiger partial charge in [-0.25, -0.2) is 0 Å². The topological polar surface area (TPSA) is 78.5 Å². The molecule has 0 radical (unpaired) electrons. The molecule has 3 rings (SSSR count). The second kappa shape index (κ2) is 9.90. The van der Waals surface area contributed by atoms with Crippen molar-refractivity contribution in [3.8, 4) is 0 Å². The van der Waals surface area contributed by atoms with Gasteiger partial charge >= 0.3 is 0 Å². The van der Waals surface area contributed by atoms with E-state index in [1.165, 1.54) is 5.56 Å². The van der Waals surface area contributed by atoms with E-state index in [0.29, 0.717) is 44.3 Å². The van der Waals surface area contributed by atoms with Crippen LogP contribution in [-0.4, -0.2) is 48.3 Å². The van der Waals surface area contributed by atoms with E-state index in [1.54, 1.807) is 0 Å². The molecule has 3 amide bonds. The first kappa shape index (κ1) is 21.3. The largest absolute Gasteiger partial charge is 0.354 e. The van der Waals surface area contributed by atoms with Crippen LogP contribution in [0.3, 0.4) is 0 Å². The lowest BCUT2D eigenvalue weighted by Crippen LogP contribution is -2.51. The van der Waals surface area contributed by atoms with E-state index in [1.807, 2.05) is 29.2 Å². The minimum absolute atomic E-state index is 0.0423. The highest BCUT2D eigenvalue weighted by atomic mass is 16.2. The van der Waals surface area contributed by atoms with Gasteiger partial charge in [-0.1, -0.05) is 32.4 Å². The van der Waals surface area contributed by atoms with Gasteiger partial charge in [0.1, 0.15) is 6.04 Å². The third-order valence-electron chi connectivity index (χ3n) is 6.20. The van der Waals surface area contributed by atoms with Crippen LogP contribution in [0.15, 0.2) is 24.3 Å². The molecular weight excluding hydrogens is 366 g/mol. The summed E-state index contributed by atoms with van der Waals surface area (Å²) in [5.41, 5.74) is 2.01. The number of amides is 3. The maximum Gasteiger partial charge on any atom is 0.253 e. The molecule has 2 heterocycles. The van der Waals surface area contributed by atoms with Crippen molar-refractivity contribution in [3.63, 3.8) is 0 Å². The summed E-state index contributed by atoms with van der Waals surface area (Å²) in [6.07, 6.45) is 4.99. The van der Waals surface area contributed by atoms with Crippen molar-refractivity contribution < 1.29 is 14.4 Å². The van der Waals surface area contributed by atoms with E-state index in [0.717, 1.165) is 31.2 Å². The highest BCUT2D eigenvalue weighted by molar-refractivity contribution is 5.94. The van der Waals surface area contributed by atoms with Crippen molar-refractivity contribution in [2.75, 3.05) is 19.6 Å². The summed E-state index contributed by atoms with van der Waals surface area (Å²) < 4.78 is 0. The number of likely N-dealkylation sites (tertiary alicyclic amines) is 1. The molecule has 2 unspecified atom stereocenters. The number of rotatable bonds is 6. The smallest absolute Gasteiger partial charge is 0.253 e. The highest BCUT2D eigenvalue weighted by Gasteiger charge is 2.30. The number of aryl methyl sites for hydroxylation is 1. The van der Waals surface area contributed by atoms with Gasteiger partial charge in [-0.05, 0) is 55.2 Å².